The molecule has 0 aromatic heterocycles. The Morgan fingerprint density at radius 1 is 1.39 bits per heavy atom. The molecule has 0 bridgehead atoms. The fraction of sp³-hybridized carbons (Fsp3) is 0.889. The minimum Gasteiger partial charge on any atom is -0.465 e. The molecule has 0 heterocycles. The zero-order valence-corrected chi connectivity index (χ0v) is 12.0. The van der Waals surface area contributed by atoms with Gasteiger partial charge in [-0.25, -0.2) is 0 Å². The first-order valence-corrected chi connectivity index (χ1v) is 7.46. The summed E-state index contributed by atoms with van der Waals surface area (Å²) in [6.45, 7) is 3.95. The quantitative estimate of drug-likeness (QED) is 0.394. The summed E-state index contributed by atoms with van der Waals surface area (Å²) in [5.74, 6) is -0.841. The highest BCUT2D eigenvalue weighted by atomic mass is 35.7. The Bertz CT molecular complexity index is 369. The van der Waals surface area contributed by atoms with Crippen LogP contribution >= 0.6 is 10.7 Å². The Hall–Kier alpha value is -0.410. The minimum atomic E-state index is -4.26. The maximum absolute atomic E-state index is 11.7. The molecule has 2 unspecified atom stereocenters. The summed E-state index contributed by atoms with van der Waals surface area (Å²) in [6, 6.07) is 0. The van der Waals surface area contributed by atoms with Crippen LogP contribution in [0, 0.1) is 5.41 Å². The number of halogens is 1. The standard InChI is InChI=1S/C9H17ClO7S/c1-4-15-7(11)9(3,8(12)16-5-2)6-17-18(10,13)14/h7,11H,4-6H2,1-3H3. The van der Waals surface area contributed by atoms with Gasteiger partial charge in [-0.2, -0.15) is 8.42 Å². The SMILES string of the molecule is CCOC(=O)C(C)(COS(=O)(=O)Cl)C(O)OCC. The van der Waals surface area contributed by atoms with Gasteiger partial charge in [-0.05, 0) is 20.8 Å². The van der Waals surface area contributed by atoms with Crippen molar-refractivity contribution in [2.75, 3.05) is 19.8 Å². The van der Waals surface area contributed by atoms with Gasteiger partial charge in [-0.1, -0.05) is 0 Å². The zero-order chi connectivity index (χ0) is 14.4. The van der Waals surface area contributed by atoms with Gasteiger partial charge in [0.2, 0.25) is 0 Å². The highest BCUT2D eigenvalue weighted by molar-refractivity contribution is 8.09. The van der Waals surface area contributed by atoms with E-state index in [9.17, 15) is 18.3 Å². The van der Waals surface area contributed by atoms with E-state index >= 15 is 0 Å². The van der Waals surface area contributed by atoms with Crippen LogP contribution in [0.15, 0.2) is 0 Å². The van der Waals surface area contributed by atoms with E-state index in [0.717, 1.165) is 0 Å². The smallest absolute Gasteiger partial charge is 0.355 e. The second-order valence-electron chi connectivity index (χ2n) is 3.60. The van der Waals surface area contributed by atoms with Crippen LogP contribution in [0.1, 0.15) is 20.8 Å². The molecule has 18 heavy (non-hydrogen) atoms. The average molecular weight is 305 g/mol. The number of carbonyl (C=O) groups is 1. The molecule has 0 aromatic rings. The van der Waals surface area contributed by atoms with Crippen LogP contribution in [0.2, 0.25) is 0 Å². The van der Waals surface area contributed by atoms with Gasteiger partial charge in [0.25, 0.3) is 0 Å². The normalized spacial score (nSPS) is 16.9. The fourth-order valence-electron chi connectivity index (χ4n) is 1.06. The molecule has 0 radical (unpaired) electrons. The molecule has 0 aliphatic heterocycles. The van der Waals surface area contributed by atoms with Crippen molar-refractivity contribution in [1.82, 2.24) is 0 Å². The molecule has 108 valence electrons. The lowest BCUT2D eigenvalue weighted by Gasteiger charge is -2.30. The first-order valence-electron chi connectivity index (χ1n) is 5.23. The van der Waals surface area contributed by atoms with Crippen LogP contribution in [0.25, 0.3) is 0 Å². The number of ether oxygens (including phenoxy) is 2. The molecule has 0 aliphatic carbocycles. The van der Waals surface area contributed by atoms with Gasteiger partial charge in [0, 0.05) is 17.3 Å². The highest BCUT2D eigenvalue weighted by Gasteiger charge is 2.44. The first kappa shape index (κ1) is 17.6. The predicted molar refractivity (Wildman–Crippen MR) is 63.1 cm³/mol. The van der Waals surface area contributed by atoms with Crippen molar-refractivity contribution in [2.24, 2.45) is 5.41 Å². The van der Waals surface area contributed by atoms with E-state index in [-0.39, 0.29) is 13.2 Å². The molecule has 0 saturated heterocycles. The van der Waals surface area contributed by atoms with Crippen molar-refractivity contribution in [3.05, 3.63) is 0 Å². The third-order valence-electron chi connectivity index (χ3n) is 2.11. The van der Waals surface area contributed by atoms with Crippen LogP contribution in [0.3, 0.4) is 0 Å². The maximum Gasteiger partial charge on any atom is 0.355 e. The first-order chi connectivity index (χ1) is 8.17. The lowest BCUT2D eigenvalue weighted by molar-refractivity contribution is -0.202. The molecule has 0 amide bonds. The molecule has 0 aliphatic rings. The van der Waals surface area contributed by atoms with Gasteiger partial charge in [-0.15, -0.1) is 0 Å². The van der Waals surface area contributed by atoms with E-state index < -0.39 is 33.6 Å². The van der Waals surface area contributed by atoms with Gasteiger partial charge in [0.15, 0.2) is 6.29 Å². The highest BCUT2D eigenvalue weighted by Crippen LogP contribution is 2.26. The Labute approximate surface area is 111 Å². The van der Waals surface area contributed by atoms with Gasteiger partial charge in [0.1, 0.15) is 5.41 Å². The lowest BCUT2D eigenvalue weighted by atomic mass is 9.91. The van der Waals surface area contributed by atoms with Crippen molar-refractivity contribution in [3.8, 4) is 0 Å². The van der Waals surface area contributed by atoms with E-state index in [1.54, 1.807) is 13.8 Å². The van der Waals surface area contributed by atoms with Gasteiger partial charge in [0.05, 0.1) is 13.2 Å². The van der Waals surface area contributed by atoms with Crippen LogP contribution in [-0.2, 0) is 27.8 Å². The third kappa shape index (κ3) is 5.49. The fourth-order valence-corrected chi connectivity index (χ4v) is 1.58. The second kappa shape index (κ2) is 7.25. The topological polar surface area (TPSA) is 99.1 Å². The molecular formula is C9H17ClO7S. The van der Waals surface area contributed by atoms with Crippen LogP contribution in [0.5, 0.6) is 0 Å². The molecule has 0 spiro atoms. The summed E-state index contributed by atoms with van der Waals surface area (Å²) in [5, 5.41) is 9.72. The molecule has 0 rings (SSSR count). The van der Waals surface area contributed by atoms with Gasteiger partial charge >= 0.3 is 15.3 Å². The van der Waals surface area contributed by atoms with E-state index in [4.69, 9.17) is 20.2 Å². The monoisotopic (exact) mass is 304 g/mol. The average Bonchev–Trinajstić information content (AvgIpc) is 2.25. The Balaban J connectivity index is 4.96. The molecule has 7 nitrogen and oxygen atoms in total. The molecule has 0 saturated carbocycles. The maximum atomic E-state index is 11.7. The number of hydrogen-bond donors (Lipinski definition) is 1. The Kier molecular flexibility index (Phi) is 7.08. The molecule has 0 aromatic carbocycles. The third-order valence-corrected chi connectivity index (χ3v) is 2.78. The summed E-state index contributed by atoms with van der Waals surface area (Å²) < 4.78 is 35.4. The summed E-state index contributed by atoms with van der Waals surface area (Å²) in [5.41, 5.74) is -1.69. The van der Waals surface area contributed by atoms with Crippen molar-refractivity contribution in [2.45, 2.75) is 27.1 Å². The molecular weight excluding hydrogens is 288 g/mol. The molecule has 9 heteroatoms. The number of aliphatic hydroxyl groups excluding tert-OH is 1. The molecule has 1 N–H and O–H groups in total. The number of hydrogen-bond acceptors (Lipinski definition) is 7. The van der Waals surface area contributed by atoms with Crippen LogP contribution < -0.4 is 0 Å². The van der Waals surface area contributed by atoms with Crippen molar-refractivity contribution < 1.29 is 32.0 Å². The summed E-state index contributed by atoms with van der Waals surface area (Å²) in [4.78, 5) is 11.7. The number of aliphatic hydroxyl groups is 1. The molecule has 0 fully saturated rings. The van der Waals surface area contributed by atoms with Crippen molar-refractivity contribution >= 4 is 26.0 Å². The number of esters is 1. The minimum absolute atomic E-state index is 0.0703. The Morgan fingerprint density at radius 2 is 1.94 bits per heavy atom. The summed E-state index contributed by atoms with van der Waals surface area (Å²) >= 11 is 0. The van der Waals surface area contributed by atoms with E-state index in [1.807, 2.05) is 0 Å². The van der Waals surface area contributed by atoms with Crippen LogP contribution in [-0.4, -0.2) is 45.6 Å². The summed E-state index contributed by atoms with van der Waals surface area (Å²) in [7, 11) is 0.622. The predicted octanol–water partition coefficient (Wildman–Crippen LogP) is 0.411. The van der Waals surface area contributed by atoms with Gasteiger partial charge in [-0.3, -0.25) is 8.98 Å². The van der Waals surface area contributed by atoms with Gasteiger partial charge < -0.3 is 14.6 Å². The van der Waals surface area contributed by atoms with Crippen molar-refractivity contribution in [3.63, 3.8) is 0 Å². The second-order valence-corrected chi connectivity index (χ2v) is 5.76. The van der Waals surface area contributed by atoms with E-state index in [0.29, 0.717) is 0 Å². The lowest BCUT2D eigenvalue weighted by Crippen LogP contribution is -2.46. The summed E-state index contributed by atoms with van der Waals surface area (Å²) in [6.07, 6.45) is -1.57. The Morgan fingerprint density at radius 3 is 2.33 bits per heavy atom. The van der Waals surface area contributed by atoms with E-state index in [2.05, 4.69) is 4.18 Å². The zero-order valence-electron chi connectivity index (χ0n) is 10.4. The van der Waals surface area contributed by atoms with E-state index in [1.165, 1.54) is 6.92 Å². The van der Waals surface area contributed by atoms with Crippen molar-refractivity contribution in [1.29, 1.82) is 0 Å². The van der Waals surface area contributed by atoms with Crippen LogP contribution in [0.4, 0.5) is 0 Å². The number of rotatable bonds is 8. The number of carbonyl (C=O) groups excluding carboxylic acids is 1. The largest absolute Gasteiger partial charge is 0.465 e. The molecule has 2 atom stereocenters.